The second-order valence-corrected chi connectivity index (χ2v) is 5.96. The Morgan fingerprint density at radius 2 is 1.87 bits per heavy atom. The topological polar surface area (TPSA) is 58.2 Å². The summed E-state index contributed by atoms with van der Waals surface area (Å²) in [6, 6.07) is 9.07. The third-order valence-electron chi connectivity index (χ3n) is 2.95. The van der Waals surface area contributed by atoms with Crippen molar-refractivity contribution in [2.75, 3.05) is 16.9 Å². The summed E-state index contributed by atoms with van der Waals surface area (Å²) >= 11 is 7.54. The summed E-state index contributed by atoms with van der Waals surface area (Å²) in [5, 5.41) is 5.33. The van der Waals surface area contributed by atoms with Crippen molar-refractivity contribution in [2.45, 2.75) is 11.8 Å². The van der Waals surface area contributed by atoms with Gasteiger partial charge in [-0.2, -0.15) is 0 Å². The molecular formula is C16H14ClFN2O2S. The molecule has 2 aromatic rings. The monoisotopic (exact) mass is 352 g/mol. The summed E-state index contributed by atoms with van der Waals surface area (Å²) in [6.45, 7) is 1.28. The van der Waals surface area contributed by atoms with Crippen molar-refractivity contribution >= 4 is 46.6 Å². The number of rotatable bonds is 4. The van der Waals surface area contributed by atoms with E-state index >= 15 is 0 Å². The number of nitrogens with one attached hydrogen (secondary N) is 2. The van der Waals surface area contributed by atoms with E-state index in [9.17, 15) is 14.0 Å². The highest BCUT2D eigenvalue weighted by molar-refractivity contribution is 7.98. The summed E-state index contributed by atoms with van der Waals surface area (Å²) in [5.74, 6) is -1.39. The lowest BCUT2D eigenvalue weighted by Crippen LogP contribution is -2.14. The number of hydrogen-bond acceptors (Lipinski definition) is 3. The Kier molecular flexibility index (Phi) is 5.63. The number of carbonyl (C=O) groups is 2. The molecule has 7 heteroatoms. The number of benzene rings is 2. The second kappa shape index (κ2) is 7.48. The normalized spacial score (nSPS) is 10.3. The maximum absolute atomic E-state index is 13.6. The zero-order valence-electron chi connectivity index (χ0n) is 12.4. The van der Waals surface area contributed by atoms with Gasteiger partial charge in [0.15, 0.2) is 0 Å². The van der Waals surface area contributed by atoms with Gasteiger partial charge < -0.3 is 10.6 Å². The van der Waals surface area contributed by atoms with Gasteiger partial charge in [0.25, 0.3) is 5.91 Å². The van der Waals surface area contributed by atoms with Gasteiger partial charge in [-0.1, -0.05) is 11.6 Å². The molecule has 0 aliphatic carbocycles. The fourth-order valence-electron chi connectivity index (χ4n) is 1.89. The van der Waals surface area contributed by atoms with Crippen LogP contribution in [0.1, 0.15) is 17.3 Å². The first-order valence-electron chi connectivity index (χ1n) is 6.62. The van der Waals surface area contributed by atoms with Crippen molar-refractivity contribution in [2.24, 2.45) is 0 Å². The van der Waals surface area contributed by atoms with E-state index in [-0.39, 0.29) is 5.69 Å². The molecule has 0 spiro atoms. The minimum atomic E-state index is -0.583. The average molecular weight is 353 g/mol. The molecule has 0 unspecified atom stereocenters. The van der Waals surface area contributed by atoms with E-state index in [0.29, 0.717) is 16.3 Å². The summed E-state index contributed by atoms with van der Waals surface area (Å²) in [4.78, 5) is 24.3. The zero-order valence-corrected chi connectivity index (χ0v) is 14.0. The van der Waals surface area contributed by atoms with Crippen LogP contribution in [-0.2, 0) is 4.79 Å². The predicted molar refractivity (Wildman–Crippen MR) is 91.9 cm³/mol. The van der Waals surface area contributed by atoms with E-state index in [1.54, 1.807) is 12.1 Å². The molecule has 0 saturated carbocycles. The predicted octanol–water partition coefficient (Wildman–Crippen LogP) is 4.41. The van der Waals surface area contributed by atoms with E-state index in [4.69, 9.17) is 11.6 Å². The van der Waals surface area contributed by atoms with Crippen LogP contribution in [0.5, 0.6) is 0 Å². The molecule has 0 bridgehead atoms. The van der Waals surface area contributed by atoms with Gasteiger partial charge in [0, 0.05) is 17.5 Å². The minimum absolute atomic E-state index is 0.000684. The van der Waals surface area contributed by atoms with Crippen molar-refractivity contribution in [1.29, 1.82) is 0 Å². The molecule has 0 heterocycles. The molecule has 120 valence electrons. The number of thioether (sulfide) groups is 1. The van der Waals surface area contributed by atoms with Crippen molar-refractivity contribution in [1.82, 2.24) is 0 Å². The van der Waals surface area contributed by atoms with Crippen molar-refractivity contribution in [3.05, 3.63) is 52.8 Å². The average Bonchev–Trinajstić information content (AvgIpc) is 2.50. The molecule has 0 fully saturated rings. The molecule has 4 nitrogen and oxygen atoms in total. The summed E-state index contributed by atoms with van der Waals surface area (Å²) in [5.41, 5.74) is 0.675. The van der Waals surface area contributed by atoms with Crippen molar-refractivity contribution < 1.29 is 14.0 Å². The van der Waals surface area contributed by atoms with Crippen LogP contribution >= 0.6 is 23.4 Å². The molecule has 2 rings (SSSR count). The zero-order chi connectivity index (χ0) is 17.0. The van der Waals surface area contributed by atoms with Gasteiger partial charge in [-0.05, 0) is 42.7 Å². The first-order valence-corrected chi connectivity index (χ1v) is 8.23. The first-order chi connectivity index (χ1) is 10.9. The maximum atomic E-state index is 13.6. The molecule has 23 heavy (non-hydrogen) atoms. The Morgan fingerprint density at radius 3 is 2.52 bits per heavy atom. The number of hydrogen-bond donors (Lipinski definition) is 2. The Morgan fingerprint density at radius 1 is 1.13 bits per heavy atom. The van der Waals surface area contributed by atoms with E-state index in [0.717, 1.165) is 4.90 Å². The fourth-order valence-corrected chi connectivity index (χ4v) is 2.54. The van der Waals surface area contributed by atoms with E-state index in [2.05, 4.69) is 10.6 Å². The Balaban J connectivity index is 2.25. The molecule has 2 N–H and O–H groups in total. The summed E-state index contributed by atoms with van der Waals surface area (Å²) in [6.07, 6.45) is 1.89. The molecule has 0 saturated heterocycles. The fraction of sp³-hybridized carbons (Fsp3) is 0.125. The van der Waals surface area contributed by atoms with Crippen LogP contribution in [0, 0.1) is 5.82 Å². The maximum Gasteiger partial charge on any atom is 0.257 e. The van der Waals surface area contributed by atoms with Crippen LogP contribution in [0.4, 0.5) is 15.8 Å². The molecule has 0 aliphatic heterocycles. The third-order valence-corrected chi connectivity index (χ3v) is 4.01. The molecule has 2 amide bonds. The van der Waals surface area contributed by atoms with E-state index in [1.807, 2.05) is 12.3 Å². The van der Waals surface area contributed by atoms with Gasteiger partial charge in [-0.15, -0.1) is 11.8 Å². The standard InChI is InChI=1S/C16H14ClFN2O2S/c1-9(21)19-15-7-10(3-6-14(15)18)20-16(22)12-8-11(23-2)4-5-13(12)17/h3-8H,1-2H3,(H,19,21)(H,20,22). The molecule has 0 radical (unpaired) electrons. The van der Waals surface area contributed by atoms with Crippen LogP contribution in [0.3, 0.4) is 0 Å². The van der Waals surface area contributed by atoms with Gasteiger partial charge >= 0.3 is 0 Å². The number of carbonyl (C=O) groups excluding carboxylic acids is 2. The van der Waals surface area contributed by atoms with Crippen LogP contribution in [-0.4, -0.2) is 18.1 Å². The van der Waals surface area contributed by atoms with Crippen LogP contribution in [0.25, 0.3) is 0 Å². The minimum Gasteiger partial charge on any atom is -0.324 e. The molecule has 2 aromatic carbocycles. The van der Waals surface area contributed by atoms with Gasteiger partial charge in [-0.25, -0.2) is 4.39 Å². The molecule has 0 aromatic heterocycles. The van der Waals surface area contributed by atoms with Crippen LogP contribution < -0.4 is 10.6 Å². The van der Waals surface area contributed by atoms with Gasteiger partial charge in [0.2, 0.25) is 5.91 Å². The Hall–Kier alpha value is -2.05. The number of halogens is 2. The van der Waals surface area contributed by atoms with Gasteiger partial charge in [-0.3, -0.25) is 9.59 Å². The smallest absolute Gasteiger partial charge is 0.257 e. The van der Waals surface area contributed by atoms with E-state index in [1.165, 1.54) is 36.9 Å². The van der Waals surface area contributed by atoms with Crippen molar-refractivity contribution in [3.63, 3.8) is 0 Å². The molecular weight excluding hydrogens is 339 g/mol. The lowest BCUT2D eigenvalue weighted by atomic mass is 10.2. The lowest BCUT2D eigenvalue weighted by Gasteiger charge is -2.10. The van der Waals surface area contributed by atoms with E-state index < -0.39 is 17.6 Å². The molecule has 0 aliphatic rings. The second-order valence-electron chi connectivity index (χ2n) is 4.68. The van der Waals surface area contributed by atoms with Crippen molar-refractivity contribution in [3.8, 4) is 0 Å². The number of anilines is 2. The Labute approximate surface area is 142 Å². The SMILES string of the molecule is CSc1ccc(Cl)c(C(=O)Nc2ccc(F)c(NC(C)=O)c2)c1. The van der Waals surface area contributed by atoms with Crippen LogP contribution in [0.2, 0.25) is 5.02 Å². The van der Waals surface area contributed by atoms with Crippen LogP contribution in [0.15, 0.2) is 41.3 Å². The largest absolute Gasteiger partial charge is 0.324 e. The van der Waals surface area contributed by atoms with Gasteiger partial charge in [0.1, 0.15) is 5.82 Å². The number of amides is 2. The highest BCUT2D eigenvalue weighted by Gasteiger charge is 2.13. The third kappa shape index (κ3) is 4.46. The summed E-state index contributed by atoms with van der Waals surface area (Å²) in [7, 11) is 0. The first kappa shape index (κ1) is 17.3. The Bertz CT molecular complexity index is 768. The summed E-state index contributed by atoms with van der Waals surface area (Å²) < 4.78 is 13.6. The highest BCUT2D eigenvalue weighted by atomic mass is 35.5. The quantitative estimate of drug-likeness (QED) is 0.801. The van der Waals surface area contributed by atoms with Gasteiger partial charge in [0.05, 0.1) is 16.3 Å². The lowest BCUT2D eigenvalue weighted by molar-refractivity contribution is -0.114. The highest BCUT2D eigenvalue weighted by Crippen LogP contribution is 2.25. The molecule has 0 atom stereocenters.